The molecule has 11 heavy (non-hydrogen) atoms. The van der Waals surface area contributed by atoms with Crippen molar-refractivity contribution in [1.29, 1.82) is 0 Å². The first kappa shape index (κ1) is 8.08. The number of sulfonamides is 1. The first-order valence-electron chi connectivity index (χ1n) is 2.72. The van der Waals surface area contributed by atoms with Gasteiger partial charge in [0.1, 0.15) is 0 Å². The van der Waals surface area contributed by atoms with Crippen molar-refractivity contribution in [2.75, 3.05) is 5.75 Å². The van der Waals surface area contributed by atoms with Crippen molar-refractivity contribution in [2.45, 2.75) is 6.54 Å². The van der Waals surface area contributed by atoms with Gasteiger partial charge in [0.05, 0.1) is 12.3 Å². The first-order valence-corrected chi connectivity index (χ1v) is 4.44. The van der Waals surface area contributed by atoms with Crippen molar-refractivity contribution in [3.8, 4) is 0 Å². The maximum Gasteiger partial charge on any atom is 0.221 e. The Hall–Kier alpha value is -1.02. The molecule has 0 amide bonds. The van der Waals surface area contributed by atoms with Crippen LogP contribution in [-0.4, -0.2) is 34.4 Å². The molecule has 0 aliphatic carbocycles. The lowest BCUT2D eigenvalue weighted by atomic mass is 10.8. The first-order chi connectivity index (χ1) is 5.08. The third-order valence-corrected chi connectivity index (χ3v) is 1.69. The molecular weight excluding hydrogens is 170 g/mol. The maximum absolute atomic E-state index is 10.4. The Morgan fingerprint density at radius 3 is 2.73 bits per heavy atom. The molecule has 0 aromatic carbocycles. The zero-order chi connectivity index (χ0) is 8.32. The van der Waals surface area contributed by atoms with Crippen LogP contribution in [0.4, 0.5) is 0 Å². The SMILES string of the molecule is NS(=O)(=O)CCn1[c]nnn1. The molecule has 0 atom stereocenters. The molecule has 1 aromatic rings. The molecule has 1 rings (SSSR count). The summed E-state index contributed by atoms with van der Waals surface area (Å²) >= 11 is 0. The van der Waals surface area contributed by atoms with E-state index >= 15 is 0 Å². The second-order valence-corrected chi connectivity index (χ2v) is 3.60. The van der Waals surface area contributed by atoms with E-state index in [0.717, 1.165) is 0 Å². The average molecular weight is 176 g/mol. The summed E-state index contributed by atoms with van der Waals surface area (Å²) in [6, 6.07) is 0. The molecule has 1 radical (unpaired) electrons. The minimum absolute atomic E-state index is 0.131. The van der Waals surface area contributed by atoms with E-state index in [0.29, 0.717) is 0 Å². The molecule has 1 heterocycles. The Balaban J connectivity index is 2.48. The number of aryl methyl sites for hydroxylation is 1. The highest BCUT2D eigenvalue weighted by Crippen LogP contribution is 1.81. The van der Waals surface area contributed by atoms with E-state index in [-0.39, 0.29) is 12.3 Å². The summed E-state index contributed by atoms with van der Waals surface area (Å²) in [5, 5.41) is 14.6. The number of nitrogens with two attached hydrogens (primary N) is 1. The molecule has 0 saturated heterocycles. The van der Waals surface area contributed by atoms with Crippen molar-refractivity contribution in [1.82, 2.24) is 20.2 Å². The Bertz CT molecular complexity index is 302. The van der Waals surface area contributed by atoms with Crippen LogP contribution >= 0.6 is 0 Å². The van der Waals surface area contributed by atoms with Crippen LogP contribution in [0.25, 0.3) is 0 Å². The number of primary sulfonamides is 1. The van der Waals surface area contributed by atoms with Crippen LogP contribution in [0.1, 0.15) is 0 Å². The Labute approximate surface area is 63.2 Å². The number of tetrazole rings is 1. The van der Waals surface area contributed by atoms with Crippen LogP contribution < -0.4 is 5.14 Å². The van der Waals surface area contributed by atoms with E-state index in [1.54, 1.807) is 0 Å². The fourth-order valence-electron chi connectivity index (χ4n) is 0.468. The number of aromatic nitrogens is 4. The van der Waals surface area contributed by atoms with Gasteiger partial charge in [-0.3, -0.25) is 0 Å². The fraction of sp³-hybridized carbons (Fsp3) is 0.667. The Morgan fingerprint density at radius 1 is 1.55 bits per heavy atom. The zero-order valence-corrected chi connectivity index (χ0v) is 6.32. The molecule has 7 nitrogen and oxygen atoms in total. The summed E-state index contributed by atoms with van der Waals surface area (Å²) in [5.41, 5.74) is 0. The molecule has 0 unspecified atom stereocenters. The third-order valence-electron chi connectivity index (χ3n) is 0.940. The molecular formula is C3H6N5O2S. The van der Waals surface area contributed by atoms with Gasteiger partial charge in [-0.1, -0.05) is 0 Å². The number of nitrogens with zero attached hydrogens (tertiary/aromatic N) is 4. The Morgan fingerprint density at radius 2 is 2.27 bits per heavy atom. The lowest BCUT2D eigenvalue weighted by Crippen LogP contribution is -2.20. The topological polar surface area (TPSA) is 104 Å². The van der Waals surface area contributed by atoms with E-state index in [9.17, 15) is 8.42 Å². The van der Waals surface area contributed by atoms with Crippen LogP contribution in [0.15, 0.2) is 0 Å². The van der Waals surface area contributed by atoms with Crippen LogP contribution in [0.2, 0.25) is 0 Å². The van der Waals surface area contributed by atoms with Gasteiger partial charge in [-0.2, -0.15) is 0 Å². The van der Waals surface area contributed by atoms with E-state index in [1.165, 1.54) is 4.68 Å². The minimum Gasteiger partial charge on any atom is -0.229 e. The summed E-state index contributed by atoms with van der Waals surface area (Å²) in [6.07, 6.45) is 2.33. The number of hydrogen-bond donors (Lipinski definition) is 1. The molecule has 0 saturated carbocycles. The highest BCUT2D eigenvalue weighted by molar-refractivity contribution is 7.89. The summed E-state index contributed by atoms with van der Waals surface area (Å²) in [6.45, 7) is 0.131. The number of hydrogen-bond acceptors (Lipinski definition) is 5. The van der Waals surface area contributed by atoms with Crippen molar-refractivity contribution in [3.05, 3.63) is 6.33 Å². The predicted octanol–water partition coefficient (Wildman–Crippen LogP) is -2.24. The lowest BCUT2D eigenvalue weighted by molar-refractivity contribution is 0.575. The van der Waals surface area contributed by atoms with Crippen molar-refractivity contribution in [3.63, 3.8) is 0 Å². The normalized spacial score (nSPS) is 11.7. The van der Waals surface area contributed by atoms with E-state index in [2.05, 4.69) is 21.9 Å². The predicted molar refractivity (Wildman–Crippen MR) is 34.6 cm³/mol. The van der Waals surface area contributed by atoms with Gasteiger partial charge < -0.3 is 0 Å². The fourth-order valence-corrected chi connectivity index (χ4v) is 0.896. The van der Waals surface area contributed by atoms with E-state index in [1.807, 2.05) is 0 Å². The van der Waals surface area contributed by atoms with Gasteiger partial charge in [-0.25, -0.2) is 18.2 Å². The molecule has 2 N–H and O–H groups in total. The van der Waals surface area contributed by atoms with Crippen LogP contribution in [0, 0.1) is 6.33 Å². The van der Waals surface area contributed by atoms with Gasteiger partial charge in [-0.15, -0.1) is 5.10 Å². The van der Waals surface area contributed by atoms with Crippen LogP contribution in [-0.2, 0) is 16.6 Å². The lowest BCUT2D eigenvalue weighted by Gasteiger charge is -1.94. The van der Waals surface area contributed by atoms with Gasteiger partial charge in [-0.05, 0) is 10.4 Å². The monoisotopic (exact) mass is 176 g/mol. The van der Waals surface area contributed by atoms with Gasteiger partial charge in [0.15, 0.2) is 0 Å². The summed E-state index contributed by atoms with van der Waals surface area (Å²) in [4.78, 5) is 0. The average Bonchev–Trinajstić information content (AvgIpc) is 2.32. The molecule has 0 aliphatic rings. The largest absolute Gasteiger partial charge is 0.229 e. The summed E-state index contributed by atoms with van der Waals surface area (Å²) in [5.74, 6) is -0.186. The minimum atomic E-state index is -3.44. The highest BCUT2D eigenvalue weighted by Gasteiger charge is 2.03. The van der Waals surface area contributed by atoms with Gasteiger partial charge >= 0.3 is 0 Å². The molecule has 0 aliphatic heterocycles. The Kier molecular flexibility index (Phi) is 2.15. The molecule has 0 bridgehead atoms. The van der Waals surface area contributed by atoms with Crippen molar-refractivity contribution >= 4 is 10.0 Å². The van der Waals surface area contributed by atoms with Crippen LogP contribution in [0.3, 0.4) is 0 Å². The van der Waals surface area contributed by atoms with Gasteiger partial charge in [0, 0.05) is 0 Å². The van der Waals surface area contributed by atoms with Gasteiger partial charge in [0.2, 0.25) is 16.4 Å². The summed E-state index contributed by atoms with van der Waals surface area (Å²) in [7, 11) is -3.44. The highest BCUT2D eigenvalue weighted by atomic mass is 32.2. The van der Waals surface area contributed by atoms with E-state index in [4.69, 9.17) is 5.14 Å². The quantitative estimate of drug-likeness (QED) is 0.560. The molecule has 1 aromatic heterocycles. The zero-order valence-electron chi connectivity index (χ0n) is 5.51. The molecule has 8 heteroatoms. The number of rotatable bonds is 3. The van der Waals surface area contributed by atoms with E-state index < -0.39 is 10.0 Å². The van der Waals surface area contributed by atoms with Crippen LogP contribution in [0.5, 0.6) is 0 Å². The molecule has 0 spiro atoms. The molecule has 61 valence electrons. The van der Waals surface area contributed by atoms with Crippen molar-refractivity contribution in [2.24, 2.45) is 5.14 Å². The second-order valence-electron chi connectivity index (χ2n) is 1.87. The van der Waals surface area contributed by atoms with Gasteiger partial charge in [0.25, 0.3) is 0 Å². The second kappa shape index (κ2) is 2.93. The maximum atomic E-state index is 10.4. The third kappa shape index (κ3) is 3.05. The van der Waals surface area contributed by atoms with Crippen molar-refractivity contribution < 1.29 is 8.42 Å². The standard InChI is InChI=1S/C3H6N5O2S/c4-11(9,10)2-1-8-3-5-6-7-8/h1-2H2,(H2,4,9,10). The smallest absolute Gasteiger partial charge is 0.221 e. The molecule has 0 fully saturated rings. The summed E-state index contributed by atoms with van der Waals surface area (Å²) < 4.78 is 22.0.